The van der Waals surface area contributed by atoms with Crippen molar-refractivity contribution >= 4 is 21.9 Å². The quantitative estimate of drug-likeness (QED) is 0.779. The van der Waals surface area contributed by atoms with Crippen LogP contribution in [0.25, 0.3) is 0 Å². The average molecular weight is 329 g/mol. The molecule has 106 valence electrons. The van der Waals surface area contributed by atoms with Crippen LogP contribution in [0.1, 0.15) is 18.5 Å². The van der Waals surface area contributed by atoms with Gasteiger partial charge in [-0.1, -0.05) is 28.1 Å². The number of carbonyl (C=O) groups excluding carboxylic acids is 1. The van der Waals surface area contributed by atoms with Crippen molar-refractivity contribution in [2.75, 3.05) is 33.8 Å². The van der Waals surface area contributed by atoms with E-state index in [4.69, 9.17) is 4.74 Å². The molecule has 1 unspecified atom stereocenters. The largest absolute Gasteiger partial charge is 0.465 e. The minimum absolute atomic E-state index is 0.233. The molecule has 0 amide bonds. The molecule has 0 fully saturated rings. The molecule has 0 aliphatic rings. The number of carbonyl (C=O) groups is 1. The Morgan fingerprint density at radius 2 is 2.00 bits per heavy atom. The lowest BCUT2D eigenvalue weighted by Gasteiger charge is -2.19. The van der Waals surface area contributed by atoms with E-state index in [1.807, 2.05) is 45.3 Å². The minimum atomic E-state index is -0.409. The van der Waals surface area contributed by atoms with Gasteiger partial charge in [0.1, 0.15) is 6.04 Å². The number of rotatable bonds is 7. The first-order valence-electron chi connectivity index (χ1n) is 6.34. The molecule has 0 radical (unpaired) electrons. The number of ether oxygens (including phenoxy) is 1. The molecular formula is C14H21BrN2O2. The summed E-state index contributed by atoms with van der Waals surface area (Å²) in [6.07, 6.45) is 0. The predicted molar refractivity (Wildman–Crippen MR) is 80.1 cm³/mol. The fourth-order valence-corrected chi connectivity index (χ4v) is 1.91. The van der Waals surface area contributed by atoms with Crippen LogP contribution in [0.5, 0.6) is 0 Å². The highest BCUT2D eigenvalue weighted by Crippen LogP contribution is 2.18. The average Bonchev–Trinajstić information content (AvgIpc) is 2.36. The zero-order valence-corrected chi connectivity index (χ0v) is 13.2. The number of nitrogens with one attached hydrogen (secondary N) is 1. The Morgan fingerprint density at radius 1 is 1.37 bits per heavy atom. The second-order valence-electron chi connectivity index (χ2n) is 4.49. The van der Waals surface area contributed by atoms with Crippen LogP contribution in [0.15, 0.2) is 28.7 Å². The van der Waals surface area contributed by atoms with Crippen molar-refractivity contribution in [1.29, 1.82) is 0 Å². The molecule has 0 aliphatic heterocycles. The highest BCUT2D eigenvalue weighted by molar-refractivity contribution is 9.10. The molecule has 1 atom stereocenters. The van der Waals surface area contributed by atoms with Gasteiger partial charge in [0.15, 0.2) is 0 Å². The van der Waals surface area contributed by atoms with Crippen molar-refractivity contribution in [3.05, 3.63) is 34.3 Å². The molecule has 0 saturated heterocycles. The summed E-state index contributed by atoms with van der Waals surface area (Å²) in [5.41, 5.74) is 0.917. The Bertz CT molecular complexity index is 393. The molecule has 1 aromatic carbocycles. The van der Waals surface area contributed by atoms with Crippen molar-refractivity contribution in [3.63, 3.8) is 0 Å². The van der Waals surface area contributed by atoms with E-state index in [0.29, 0.717) is 6.61 Å². The Balaban J connectivity index is 2.73. The molecule has 1 aromatic rings. The molecule has 0 aromatic heterocycles. The number of likely N-dealkylation sites (N-methyl/N-ethyl adjacent to an activating group) is 1. The van der Waals surface area contributed by atoms with Gasteiger partial charge in [-0.05, 0) is 38.7 Å². The van der Waals surface area contributed by atoms with Gasteiger partial charge in [0.25, 0.3) is 0 Å². The molecule has 0 aliphatic carbocycles. The first-order valence-corrected chi connectivity index (χ1v) is 7.14. The van der Waals surface area contributed by atoms with Gasteiger partial charge in [0.2, 0.25) is 0 Å². The maximum absolute atomic E-state index is 12.0. The van der Waals surface area contributed by atoms with E-state index >= 15 is 0 Å². The number of benzene rings is 1. The molecule has 0 saturated carbocycles. The van der Waals surface area contributed by atoms with E-state index in [-0.39, 0.29) is 5.97 Å². The van der Waals surface area contributed by atoms with Crippen LogP contribution in [-0.4, -0.2) is 44.7 Å². The number of hydrogen-bond donors (Lipinski definition) is 1. The number of nitrogens with zero attached hydrogens (tertiary/aromatic N) is 1. The summed E-state index contributed by atoms with van der Waals surface area (Å²) in [4.78, 5) is 14.1. The predicted octanol–water partition coefficient (Wildman–Crippen LogP) is 2.20. The molecule has 0 spiro atoms. The smallest absolute Gasteiger partial charge is 0.327 e. The molecule has 4 nitrogen and oxygen atoms in total. The standard InChI is InChI=1S/C14H21BrN2O2/c1-4-19-14(18)13(16-9-10-17(2)3)11-5-7-12(15)8-6-11/h5-8,13,16H,4,9-10H2,1-3H3. The van der Waals surface area contributed by atoms with E-state index in [0.717, 1.165) is 23.1 Å². The third-order valence-electron chi connectivity index (χ3n) is 2.63. The van der Waals surface area contributed by atoms with E-state index in [1.54, 1.807) is 0 Å². The van der Waals surface area contributed by atoms with E-state index in [9.17, 15) is 4.79 Å². The molecule has 5 heteroatoms. The highest BCUT2D eigenvalue weighted by atomic mass is 79.9. The third kappa shape index (κ3) is 5.72. The number of halogens is 1. The first-order chi connectivity index (χ1) is 9.04. The van der Waals surface area contributed by atoms with Gasteiger partial charge in [-0.25, -0.2) is 4.79 Å². The normalized spacial score (nSPS) is 12.5. The van der Waals surface area contributed by atoms with Crippen LogP contribution < -0.4 is 5.32 Å². The SMILES string of the molecule is CCOC(=O)C(NCCN(C)C)c1ccc(Br)cc1. The first kappa shape index (κ1) is 16.1. The van der Waals surface area contributed by atoms with Crippen LogP contribution in [-0.2, 0) is 9.53 Å². The highest BCUT2D eigenvalue weighted by Gasteiger charge is 2.21. The zero-order valence-electron chi connectivity index (χ0n) is 11.6. The Morgan fingerprint density at radius 3 is 2.53 bits per heavy atom. The summed E-state index contributed by atoms with van der Waals surface area (Å²) in [6.45, 7) is 3.80. The topological polar surface area (TPSA) is 41.6 Å². The van der Waals surface area contributed by atoms with Crippen molar-refractivity contribution in [2.24, 2.45) is 0 Å². The summed E-state index contributed by atoms with van der Waals surface area (Å²) in [6, 6.07) is 7.29. The van der Waals surface area contributed by atoms with E-state index < -0.39 is 6.04 Å². The van der Waals surface area contributed by atoms with Crippen molar-refractivity contribution < 1.29 is 9.53 Å². The fraction of sp³-hybridized carbons (Fsp3) is 0.500. The second-order valence-corrected chi connectivity index (χ2v) is 5.41. The number of hydrogen-bond acceptors (Lipinski definition) is 4. The third-order valence-corrected chi connectivity index (χ3v) is 3.16. The van der Waals surface area contributed by atoms with Gasteiger partial charge >= 0.3 is 5.97 Å². The fourth-order valence-electron chi connectivity index (χ4n) is 1.65. The Labute approximate surface area is 123 Å². The van der Waals surface area contributed by atoms with Gasteiger partial charge in [-0.2, -0.15) is 0 Å². The lowest BCUT2D eigenvalue weighted by molar-refractivity contribution is -0.145. The van der Waals surface area contributed by atoms with Crippen molar-refractivity contribution in [2.45, 2.75) is 13.0 Å². The lowest BCUT2D eigenvalue weighted by atomic mass is 10.1. The minimum Gasteiger partial charge on any atom is -0.465 e. The molecule has 19 heavy (non-hydrogen) atoms. The van der Waals surface area contributed by atoms with Gasteiger partial charge in [-0.15, -0.1) is 0 Å². The van der Waals surface area contributed by atoms with Crippen LogP contribution >= 0.6 is 15.9 Å². The monoisotopic (exact) mass is 328 g/mol. The summed E-state index contributed by atoms with van der Waals surface area (Å²) in [5.74, 6) is -0.233. The van der Waals surface area contributed by atoms with Gasteiger partial charge < -0.3 is 9.64 Å². The summed E-state index contributed by atoms with van der Waals surface area (Å²) in [5, 5.41) is 3.24. The second kappa shape index (κ2) is 8.30. The molecule has 1 rings (SSSR count). The maximum Gasteiger partial charge on any atom is 0.327 e. The van der Waals surface area contributed by atoms with Crippen LogP contribution in [0.4, 0.5) is 0 Å². The number of esters is 1. The van der Waals surface area contributed by atoms with Gasteiger partial charge in [0.05, 0.1) is 6.61 Å². The molecule has 0 heterocycles. The van der Waals surface area contributed by atoms with Crippen LogP contribution in [0, 0.1) is 0 Å². The van der Waals surface area contributed by atoms with Gasteiger partial charge in [-0.3, -0.25) is 5.32 Å². The van der Waals surface area contributed by atoms with Crippen molar-refractivity contribution in [3.8, 4) is 0 Å². The van der Waals surface area contributed by atoms with E-state index in [1.165, 1.54) is 0 Å². The van der Waals surface area contributed by atoms with Gasteiger partial charge in [0, 0.05) is 17.6 Å². The summed E-state index contributed by atoms with van der Waals surface area (Å²) < 4.78 is 6.11. The molecular weight excluding hydrogens is 308 g/mol. The van der Waals surface area contributed by atoms with Crippen molar-refractivity contribution in [1.82, 2.24) is 10.2 Å². The van der Waals surface area contributed by atoms with E-state index in [2.05, 4.69) is 26.1 Å². The Hall–Kier alpha value is -0.910. The molecule has 0 bridgehead atoms. The summed E-state index contributed by atoms with van der Waals surface area (Å²) in [7, 11) is 4.00. The Kier molecular flexibility index (Phi) is 7.05. The maximum atomic E-state index is 12.0. The summed E-state index contributed by atoms with van der Waals surface area (Å²) >= 11 is 3.39. The lowest BCUT2D eigenvalue weighted by Crippen LogP contribution is -2.35. The zero-order chi connectivity index (χ0) is 14.3. The van der Waals surface area contributed by atoms with Crippen LogP contribution in [0.2, 0.25) is 0 Å². The molecule has 1 N–H and O–H groups in total. The van der Waals surface area contributed by atoms with Crippen LogP contribution in [0.3, 0.4) is 0 Å².